The predicted octanol–water partition coefficient (Wildman–Crippen LogP) is 2.70. The van der Waals surface area contributed by atoms with Crippen LogP contribution in [0.5, 0.6) is 0 Å². The number of nitrogens with two attached hydrogens (primary N) is 1. The first-order valence-corrected chi connectivity index (χ1v) is 7.36. The van der Waals surface area contributed by atoms with Crippen molar-refractivity contribution in [1.82, 2.24) is 9.55 Å². The Morgan fingerprint density at radius 2 is 2.11 bits per heavy atom. The summed E-state index contributed by atoms with van der Waals surface area (Å²) in [6.07, 6.45) is 3.77. The third-order valence-corrected chi connectivity index (χ3v) is 4.38. The first kappa shape index (κ1) is 12.2. The number of rotatable bonds is 1. The van der Waals surface area contributed by atoms with Gasteiger partial charge in [-0.3, -0.25) is 0 Å². The fourth-order valence-electron chi connectivity index (χ4n) is 2.83. The molecule has 3 N–H and O–H groups in total. The molecule has 5 heteroatoms. The SMILES string of the molecule is Nc1nc2cc(I)ccc2n1C1CCCCC1O. The molecule has 2 atom stereocenters. The van der Waals surface area contributed by atoms with Crippen LogP contribution in [0.15, 0.2) is 18.2 Å². The van der Waals surface area contributed by atoms with Gasteiger partial charge in [0.2, 0.25) is 5.95 Å². The second kappa shape index (κ2) is 4.70. The fraction of sp³-hybridized carbons (Fsp3) is 0.462. The highest BCUT2D eigenvalue weighted by atomic mass is 127. The maximum absolute atomic E-state index is 10.2. The molecule has 18 heavy (non-hydrogen) atoms. The third kappa shape index (κ3) is 1.99. The molecule has 0 bridgehead atoms. The molecule has 1 aliphatic rings. The van der Waals surface area contributed by atoms with Crippen molar-refractivity contribution in [3.63, 3.8) is 0 Å². The molecule has 1 aromatic heterocycles. The minimum absolute atomic E-state index is 0.0730. The summed E-state index contributed by atoms with van der Waals surface area (Å²) >= 11 is 2.27. The molecule has 1 saturated carbocycles. The van der Waals surface area contributed by atoms with E-state index in [1.165, 1.54) is 0 Å². The Balaban J connectivity index is 2.12. The number of benzene rings is 1. The standard InChI is InChI=1S/C13H16IN3O/c14-8-5-6-10-9(7-8)16-13(15)17(10)11-3-1-2-4-12(11)18/h5-7,11-12,18H,1-4H2,(H2,15,16). The molecular formula is C13H16IN3O. The summed E-state index contributed by atoms with van der Waals surface area (Å²) in [5.41, 5.74) is 7.98. The average molecular weight is 357 g/mol. The predicted molar refractivity (Wildman–Crippen MR) is 80.4 cm³/mol. The van der Waals surface area contributed by atoms with Crippen LogP contribution in [0, 0.1) is 3.57 Å². The van der Waals surface area contributed by atoms with Crippen LogP contribution in [0.25, 0.3) is 11.0 Å². The number of imidazole rings is 1. The number of hydrogen-bond donors (Lipinski definition) is 2. The van der Waals surface area contributed by atoms with Gasteiger partial charge in [-0.1, -0.05) is 12.8 Å². The van der Waals surface area contributed by atoms with Crippen LogP contribution in [0.2, 0.25) is 0 Å². The van der Waals surface area contributed by atoms with E-state index in [0.29, 0.717) is 5.95 Å². The number of fused-ring (bicyclic) bond motifs is 1. The molecule has 2 unspecified atom stereocenters. The van der Waals surface area contributed by atoms with Crippen LogP contribution in [0.4, 0.5) is 5.95 Å². The minimum Gasteiger partial charge on any atom is -0.391 e. The van der Waals surface area contributed by atoms with Crippen LogP contribution in [-0.4, -0.2) is 20.8 Å². The van der Waals surface area contributed by atoms with Crippen molar-refractivity contribution in [2.75, 3.05) is 5.73 Å². The lowest BCUT2D eigenvalue weighted by molar-refractivity contribution is 0.0783. The summed E-state index contributed by atoms with van der Waals surface area (Å²) in [4.78, 5) is 4.41. The van der Waals surface area contributed by atoms with Crippen molar-refractivity contribution in [1.29, 1.82) is 0 Å². The summed E-state index contributed by atoms with van der Waals surface area (Å²) in [5, 5.41) is 10.2. The topological polar surface area (TPSA) is 64.1 Å². The lowest BCUT2D eigenvalue weighted by Crippen LogP contribution is -2.28. The number of hydrogen-bond acceptors (Lipinski definition) is 3. The zero-order valence-corrected chi connectivity index (χ0v) is 12.2. The first-order chi connectivity index (χ1) is 8.66. The number of halogens is 1. The molecule has 1 fully saturated rings. The largest absolute Gasteiger partial charge is 0.391 e. The normalized spacial score (nSPS) is 24.6. The molecular weight excluding hydrogens is 341 g/mol. The van der Waals surface area contributed by atoms with Gasteiger partial charge >= 0.3 is 0 Å². The van der Waals surface area contributed by atoms with Crippen molar-refractivity contribution in [3.05, 3.63) is 21.8 Å². The second-order valence-corrected chi connectivity index (χ2v) is 6.14. The maximum Gasteiger partial charge on any atom is 0.201 e. The Morgan fingerprint density at radius 3 is 2.89 bits per heavy atom. The highest BCUT2D eigenvalue weighted by molar-refractivity contribution is 14.1. The summed E-state index contributed by atoms with van der Waals surface area (Å²) in [7, 11) is 0. The minimum atomic E-state index is -0.308. The van der Waals surface area contributed by atoms with E-state index in [9.17, 15) is 5.11 Å². The summed E-state index contributed by atoms with van der Waals surface area (Å²) in [6.45, 7) is 0. The van der Waals surface area contributed by atoms with Gasteiger partial charge in [0.15, 0.2) is 0 Å². The van der Waals surface area contributed by atoms with E-state index in [0.717, 1.165) is 40.3 Å². The zero-order chi connectivity index (χ0) is 12.7. The van der Waals surface area contributed by atoms with Gasteiger partial charge in [-0.2, -0.15) is 0 Å². The van der Waals surface area contributed by atoms with E-state index in [2.05, 4.69) is 33.6 Å². The highest BCUT2D eigenvalue weighted by Gasteiger charge is 2.27. The molecule has 0 amide bonds. The maximum atomic E-state index is 10.2. The molecule has 0 radical (unpaired) electrons. The van der Waals surface area contributed by atoms with Gasteiger partial charge < -0.3 is 15.4 Å². The van der Waals surface area contributed by atoms with Gasteiger partial charge in [-0.25, -0.2) is 4.98 Å². The van der Waals surface area contributed by atoms with Gasteiger partial charge in [0.05, 0.1) is 23.2 Å². The zero-order valence-electron chi connectivity index (χ0n) is 10.0. The van der Waals surface area contributed by atoms with Crippen molar-refractivity contribution in [2.24, 2.45) is 0 Å². The molecule has 96 valence electrons. The van der Waals surface area contributed by atoms with Crippen molar-refractivity contribution in [3.8, 4) is 0 Å². The first-order valence-electron chi connectivity index (χ1n) is 6.28. The van der Waals surface area contributed by atoms with Crippen LogP contribution in [0.1, 0.15) is 31.7 Å². The van der Waals surface area contributed by atoms with E-state index in [4.69, 9.17) is 5.73 Å². The summed E-state index contributed by atoms with van der Waals surface area (Å²) in [5.74, 6) is 0.512. The summed E-state index contributed by atoms with van der Waals surface area (Å²) < 4.78 is 3.16. The van der Waals surface area contributed by atoms with Crippen molar-refractivity contribution < 1.29 is 5.11 Å². The van der Waals surface area contributed by atoms with Gasteiger partial charge in [0, 0.05) is 3.57 Å². The quantitative estimate of drug-likeness (QED) is 0.772. The number of nitrogens with zero attached hydrogens (tertiary/aromatic N) is 2. The molecule has 1 aromatic carbocycles. The van der Waals surface area contributed by atoms with E-state index in [1.807, 2.05) is 16.7 Å². The monoisotopic (exact) mass is 357 g/mol. The van der Waals surface area contributed by atoms with Crippen LogP contribution < -0.4 is 5.73 Å². The Bertz CT molecular complexity index is 581. The molecule has 4 nitrogen and oxygen atoms in total. The lowest BCUT2D eigenvalue weighted by Gasteiger charge is -2.29. The molecule has 1 aliphatic carbocycles. The average Bonchev–Trinajstić information content (AvgIpc) is 2.65. The highest BCUT2D eigenvalue weighted by Crippen LogP contribution is 2.33. The number of anilines is 1. The van der Waals surface area contributed by atoms with Crippen molar-refractivity contribution >= 4 is 39.6 Å². The van der Waals surface area contributed by atoms with Crippen LogP contribution >= 0.6 is 22.6 Å². The van der Waals surface area contributed by atoms with E-state index < -0.39 is 0 Å². The molecule has 2 aromatic rings. The molecule has 0 saturated heterocycles. The smallest absolute Gasteiger partial charge is 0.201 e. The van der Waals surface area contributed by atoms with Crippen LogP contribution in [-0.2, 0) is 0 Å². The Labute approximate surface area is 119 Å². The van der Waals surface area contributed by atoms with Crippen molar-refractivity contribution in [2.45, 2.75) is 37.8 Å². The van der Waals surface area contributed by atoms with E-state index in [-0.39, 0.29) is 12.1 Å². The second-order valence-electron chi connectivity index (χ2n) is 4.89. The van der Waals surface area contributed by atoms with Gasteiger partial charge in [-0.15, -0.1) is 0 Å². The number of nitrogen functional groups attached to an aromatic ring is 1. The molecule has 3 rings (SSSR count). The molecule has 0 spiro atoms. The van der Waals surface area contributed by atoms with E-state index >= 15 is 0 Å². The Kier molecular flexibility index (Phi) is 3.19. The fourth-order valence-corrected chi connectivity index (χ4v) is 3.31. The van der Waals surface area contributed by atoms with Gasteiger partial charge in [0.1, 0.15) is 0 Å². The molecule has 1 heterocycles. The molecule has 0 aliphatic heterocycles. The summed E-state index contributed by atoms with van der Waals surface area (Å²) in [6, 6.07) is 6.19. The Morgan fingerprint density at radius 1 is 1.33 bits per heavy atom. The lowest BCUT2D eigenvalue weighted by atomic mass is 9.92. The van der Waals surface area contributed by atoms with Gasteiger partial charge in [-0.05, 0) is 53.6 Å². The van der Waals surface area contributed by atoms with Gasteiger partial charge in [0.25, 0.3) is 0 Å². The van der Waals surface area contributed by atoms with Crippen LogP contribution in [0.3, 0.4) is 0 Å². The third-order valence-electron chi connectivity index (χ3n) is 3.70. The number of aliphatic hydroxyl groups excluding tert-OH is 1. The number of aliphatic hydroxyl groups is 1. The number of aromatic nitrogens is 2. The Hall–Kier alpha value is -0.820. The van der Waals surface area contributed by atoms with E-state index in [1.54, 1.807) is 0 Å².